The van der Waals surface area contributed by atoms with Gasteiger partial charge in [-0.15, -0.1) is 0 Å². The van der Waals surface area contributed by atoms with Crippen molar-refractivity contribution in [3.63, 3.8) is 0 Å². The quantitative estimate of drug-likeness (QED) is 0.803. The number of nitrogens with two attached hydrogens (primary N) is 1. The maximum Gasteiger partial charge on any atom is 0.242 e. The molecule has 20 heavy (non-hydrogen) atoms. The minimum atomic E-state index is -3.58. The summed E-state index contributed by atoms with van der Waals surface area (Å²) < 4.78 is 33.4. The maximum absolute atomic E-state index is 12.3. The minimum absolute atomic E-state index is 0.0601. The van der Waals surface area contributed by atoms with E-state index >= 15 is 0 Å². The molecule has 0 amide bonds. The first-order chi connectivity index (χ1) is 9.32. The van der Waals surface area contributed by atoms with E-state index in [1.807, 2.05) is 0 Å². The Kier molecular flexibility index (Phi) is 4.73. The van der Waals surface area contributed by atoms with Gasteiger partial charge in [0.2, 0.25) is 10.0 Å². The SMILES string of the molecule is CC1(CNS(=O)(=O)c2ccc(Br)cc2N)CCOCC1. The van der Waals surface area contributed by atoms with E-state index in [0.717, 1.165) is 17.3 Å². The smallest absolute Gasteiger partial charge is 0.242 e. The number of ether oxygens (including phenoxy) is 1. The third-order valence-corrected chi connectivity index (χ3v) is 5.62. The molecule has 5 nitrogen and oxygen atoms in total. The molecular weight excluding hydrogens is 344 g/mol. The molecular formula is C13H19BrN2O3S. The number of rotatable bonds is 4. The molecule has 1 heterocycles. The van der Waals surface area contributed by atoms with E-state index in [4.69, 9.17) is 10.5 Å². The molecule has 2 rings (SSSR count). The molecule has 0 aromatic heterocycles. The van der Waals surface area contributed by atoms with Gasteiger partial charge in [0.1, 0.15) is 4.90 Å². The van der Waals surface area contributed by atoms with Gasteiger partial charge in [-0.1, -0.05) is 22.9 Å². The van der Waals surface area contributed by atoms with E-state index in [9.17, 15) is 8.42 Å². The van der Waals surface area contributed by atoms with Crippen molar-refractivity contribution in [1.82, 2.24) is 4.72 Å². The zero-order valence-electron chi connectivity index (χ0n) is 11.4. The molecule has 1 aromatic carbocycles. The van der Waals surface area contributed by atoms with E-state index in [-0.39, 0.29) is 16.0 Å². The summed E-state index contributed by atoms with van der Waals surface area (Å²) in [5.41, 5.74) is 5.96. The van der Waals surface area contributed by atoms with Crippen LogP contribution in [0.1, 0.15) is 19.8 Å². The normalized spacial score (nSPS) is 18.9. The fraction of sp³-hybridized carbons (Fsp3) is 0.538. The van der Waals surface area contributed by atoms with Crippen LogP contribution >= 0.6 is 15.9 Å². The van der Waals surface area contributed by atoms with Gasteiger partial charge in [0, 0.05) is 24.2 Å². The number of anilines is 1. The Hall–Kier alpha value is -0.630. The number of benzene rings is 1. The highest BCUT2D eigenvalue weighted by Gasteiger charge is 2.29. The summed E-state index contributed by atoms with van der Waals surface area (Å²) in [4.78, 5) is 0.122. The molecule has 1 aliphatic heterocycles. The number of halogens is 1. The first-order valence-electron chi connectivity index (χ1n) is 6.45. The highest BCUT2D eigenvalue weighted by Crippen LogP contribution is 2.30. The van der Waals surface area contributed by atoms with Crippen molar-refractivity contribution in [3.05, 3.63) is 22.7 Å². The van der Waals surface area contributed by atoms with Crippen LogP contribution in [0.15, 0.2) is 27.6 Å². The molecule has 0 atom stereocenters. The first-order valence-corrected chi connectivity index (χ1v) is 8.72. The van der Waals surface area contributed by atoms with Crippen LogP contribution in [-0.4, -0.2) is 28.2 Å². The molecule has 112 valence electrons. The van der Waals surface area contributed by atoms with Crippen molar-refractivity contribution in [2.24, 2.45) is 5.41 Å². The van der Waals surface area contributed by atoms with Crippen molar-refractivity contribution in [2.45, 2.75) is 24.7 Å². The summed E-state index contributed by atoms with van der Waals surface area (Å²) >= 11 is 3.26. The van der Waals surface area contributed by atoms with Gasteiger partial charge >= 0.3 is 0 Å². The molecule has 7 heteroatoms. The lowest BCUT2D eigenvalue weighted by Gasteiger charge is -2.33. The second kappa shape index (κ2) is 6.01. The van der Waals surface area contributed by atoms with Gasteiger partial charge in [-0.25, -0.2) is 13.1 Å². The van der Waals surface area contributed by atoms with E-state index < -0.39 is 10.0 Å². The standard InChI is InChI=1S/C13H19BrN2O3S/c1-13(4-6-19-7-5-13)9-16-20(17,18)12-3-2-10(14)8-11(12)15/h2-3,8,16H,4-7,9,15H2,1H3. The Morgan fingerprint density at radius 2 is 2.05 bits per heavy atom. The number of nitrogen functional groups attached to an aromatic ring is 1. The number of hydrogen-bond acceptors (Lipinski definition) is 4. The second-order valence-corrected chi connectivity index (χ2v) is 8.08. The van der Waals surface area contributed by atoms with Crippen LogP contribution < -0.4 is 10.5 Å². The Balaban J connectivity index is 2.11. The zero-order chi connectivity index (χ0) is 14.8. The lowest BCUT2D eigenvalue weighted by Crippen LogP contribution is -2.39. The molecule has 1 aromatic rings. The molecule has 0 spiro atoms. The van der Waals surface area contributed by atoms with E-state index in [2.05, 4.69) is 27.6 Å². The predicted molar refractivity (Wildman–Crippen MR) is 81.9 cm³/mol. The predicted octanol–water partition coefficient (Wildman–Crippen LogP) is 2.13. The van der Waals surface area contributed by atoms with Crippen molar-refractivity contribution in [2.75, 3.05) is 25.5 Å². The van der Waals surface area contributed by atoms with E-state index in [0.29, 0.717) is 19.8 Å². The summed E-state index contributed by atoms with van der Waals surface area (Å²) in [5.74, 6) is 0. The molecule has 1 fully saturated rings. The third-order valence-electron chi connectivity index (χ3n) is 3.65. The van der Waals surface area contributed by atoms with E-state index in [1.54, 1.807) is 12.1 Å². The van der Waals surface area contributed by atoms with Crippen LogP contribution in [0, 0.1) is 5.41 Å². The molecule has 0 radical (unpaired) electrons. The largest absolute Gasteiger partial charge is 0.398 e. The summed E-state index contributed by atoms with van der Waals surface area (Å²) in [7, 11) is -3.58. The van der Waals surface area contributed by atoms with Gasteiger partial charge in [0.05, 0.1) is 5.69 Å². The molecule has 1 aliphatic rings. The molecule has 0 bridgehead atoms. The zero-order valence-corrected chi connectivity index (χ0v) is 13.8. The lowest BCUT2D eigenvalue weighted by molar-refractivity contribution is 0.0265. The fourth-order valence-corrected chi connectivity index (χ4v) is 3.84. The van der Waals surface area contributed by atoms with Crippen LogP contribution in [0.2, 0.25) is 0 Å². The Bertz CT molecular complexity index is 583. The van der Waals surface area contributed by atoms with E-state index in [1.165, 1.54) is 6.07 Å². The van der Waals surface area contributed by atoms with Gasteiger partial charge in [-0.2, -0.15) is 0 Å². The Morgan fingerprint density at radius 3 is 2.65 bits per heavy atom. The van der Waals surface area contributed by atoms with Gasteiger partial charge in [-0.3, -0.25) is 0 Å². The highest BCUT2D eigenvalue weighted by atomic mass is 79.9. The maximum atomic E-state index is 12.3. The average Bonchev–Trinajstić information content (AvgIpc) is 2.37. The fourth-order valence-electron chi connectivity index (χ4n) is 2.15. The molecule has 0 aliphatic carbocycles. The molecule has 3 N–H and O–H groups in total. The summed E-state index contributed by atoms with van der Waals surface area (Å²) in [6.45, 7) is 3.83. The van der Waals surface area contributed by atoms with Gasteiger partial charge in [0.15, 0.2) is 0 Å². The monoisotopic (exact) mass is 362 g/mol. The van der Waals surface area contributed by atoms with Crippen LogP contribution in [-0.2, 0) is 14.8 Å². The number of sulfonamides is 1. The van der Waals surface area contributed by atoms with Gasteiger partial charge < -0.3 is 10.5 Å². The summed E-state index contributed by atoms with van der Waals surface area (Å²) in [6.07, 6.45) is 1.71. The number of nitrogens with one attached hydrogen (secondary N) is 1. The topological polar surface area (TPSA) is 81.4 Å². The molecule has 0 saturated carbocycles. The van der Waals surface area contributed by atoms with Crippen LogP contribution in [0.3, 0.4) is 0 Å². The van der Waals surface area contributed by atoms with Crippen molar-refractivity contribution in [3.8, 4) is 0 Å². The Labute approximate surface area is 128 Å². The minimum Gasteiger partial charge on any atom is -0.398 e. The summed E-state index contributed by atoms with van der Waals surface area (Å²) in [5, 5.41) is 0. The van der Waals surface area contributed by atoms with Crippen molar-refractivity contribution < 1.29 is 13.2 Å². The second-order valence-electron chi connectivity index (χ2n) is 5.43. The summed E-state index contributed by atoms with van der Waals surface area (Å²) in [6, 6.07) is 4.76. The van der Waals surface area contributed by atoms with Crippen LogP contribution in [0.25, 0.3) is 0 Å². The van der Waals surface area contributed by atoms with Crippen LogP contribution in [0.4, 0.5) is 5.69 Å². The highest BCUT2D eigenvalue weighted by molar-refractivity contribution is 9.10. The van der Waals surface area contributed by atoms with Gasteiger partial charge in [0.25, 0.3) is 0 Å². The molecule has 1 saturated heterocycles. The molecule has 0 unspecified atom stereocenters. The Morgan fingerprint density at radius 1 is 1.40 bits per heavy atom. The van der Waals surface area contributed by atoms with Gasteiger partial charge in [-0.05, 0) is 36.5 Å². The number of hydrogen-bond donors (Lipinski definition) is 2. The van der Waals surface area contributed by atoms with Crippen LogP contribution in [0.5, 0.6) is 0 Å². The lowest BCUT2D eigenvalue weighted by atomic mass is 9.83. The third kappa shape index (κ3) is 3.72. The van der Waals surface area contributed by atoms with Crippen molar-refractivity contribution in [1.29, 1.82) is 0 Å². The first kappa shape index (κ1) is 15.8. The van der Waals surface area contributed by atoms with Crippen molar-refractivity contribution >= 4 is 31.6 Å². The average molecular weight is 363 g/mol.